The van der Waals surface area contributed by atoms with Gasteiger partial charge in [-0.15, -0.1) is 11.8 Å². The predicted octanol–water partition coefficient (Wildman–Crippen LogP) is 5.50. The van der Waals surface area contributed by atoms with E-state index in [0.717, 1.165) is 29.0 Å². The van der Waals surface area contributed by atoms with Gasteiger partial charge in [-0.3, -0.25) is 4.79 Å². The van der Waals surface area contributed by atoms with Crippen LogP contribution in [0.1, 0.15) is 28.8 Å². The summed E-state index contributed by atoms with van der Waals surface area (Å²) in [6.45, 7) is 3.01. The zero-order valence-corrected chi connectivity index (χ0v) is 17.1. The fraction of sp³-hybridized carbons (Fsp3) is 0.333. The first kappa shape index (κ1) is 19.8. The van der Waals surface area contributed by atoms with Crippen molar-refractivity contribution in [3.63, 3.8) is 0 Å². The molecule has 1 N–H and O–H groups in total. The van der Waals surface area contributed by atoms with Crippen LogP contribution < -0.4 is 5.32 Å². The lowest BCUT2D eigenvalue weighted by Crippen LogP contribution is -2.44. The van der Waals surface area contributed by atoms with E-state index in [4.69, 9.17) is 11.6 Å². The van der Waals surface area contributed by atoms with Crippen molar-refractivity contribution >= 4 is 40.9 Å². The normalized spacial score (nSPS) is 16.9. The number of likely N-dealkylation sites (tertiary alicyclic amines) is 1. The van der Waals surface area contributed by atoms with Crippen molar-refractivity contribution in [1.82, 2.24) is 4.90 Å². The Morgan fingerprint density at radius 2 is 1.93 bits per heavy atom. The van der Waals surface area contributed by atoms with E-state index in [9.17, 15) is 9.59 Å². The number of carbonyl (C=O) groups is 2. The van der Waals surface area contributed by atoms with Crippen molar-refractivity contribution in [2.24, 2.45) is 5.92 Å². The number of rotatable bonds is 4. The van der Waals surface area contributed by atoms with Crippen molar-refractivity contribution in [3.8, 4) is 0 Å². The molecule has 0 aliphatic carbocycles. The maximum atomic E-state index is 12.8. The highest BCUT2D eigenvalue weighted by Gasteiger charge is 2.29. The highest BCUT2D eigenvalue weighted by Crippen LogP contribution is 2.24. The van der Waals surface area contributed by atoms with Crippen LogP contribution >= 0.6 is 23.4 Å². The third-order valence-electron chi connectivity index (χ3n) is 4.88. The van der Waals surface area contributed by atoms with E-state index in [1.54, 1.807) is 28.8 Å². The number of piperidine rings is 1. The number of halogens is 1. The molecule has 0 bridgehead atoms. The monoisotopic (exact) mass is 402 g/mol. The predicted molar refractivity (Wildman–Crippen MR) is 112 cm³/mol. The van der Waals surface area contributed by atoms with Gasteiger partial charge in [0.2, 0.25) is 0 Å². The van der Waals surface area contributed by atoms with Gasteiger partial charge in [0.15, 0.2) is 5.78 Å². The molecule has 27 heavy (non-hydrogen) atoms. The molecule has 3 rings (SSSR count). The largest absolute Gasteiger partial charge is 0.324 e. The van der Waals surface area contributed by atoms with Gasteiger partial charge in [0.25, 0.3) is 0 Å². The standard InChI is InChI=1S/C21H23ClN2O2S/c1-14-12-17(22)7-10-19(14)23-21(26)24-11-3-4-16(13-24)20(25)15-5-8-18(27-2)9-6-15/h5-10,12,16H,3-4,11,13H2,1-2H3,(H,23,26)/t16-/m1/s1. The summed E-state index contributed by atoms with van der Waals surface area (Å²) in [5, 5.41) is 3.58. The second-order valence-corrected chi connectivity index (χ2v) is 8.08. The molecule has 4 nitrogen and oxygen atoms in total. The van der Waals surface area contributed by atoms with Gasteiger partial charge < -0.3 is 10.2 Å². The number of thioether (sulfide) groups is 1. The zero-order chi connectivity index (χ0) is 19.4. The second kappa shape index (κ2) is 8.81. The molecule has 2 amide bonds. The minimum Gasteiger partial charge on any atom is -0.324 e. The van der Waals surface area contributed by atoms with Crippen molar-refractivity contribution < 1.29 is 9.59 Å². The number of hydrogen-bond acceptors (Lipinski definition) is 3. The molecule has 2 aromatic rings. The van der Waals surface area contributed by atoms with Gasteiger partial charge in [-0.1, -0.05) is 23.7 Å². The molecular weight excluding hydrogens is 380 g/mol. The van der Waals surface area contributed by atoms with Crippen molar-refractivity contribution in [2.75, 3.05) is 24.7 Å². The number of carbonyl (C=O) groups excluding carboxylic acids is 2. The number of hydrogen-bond donors (Lipinski definition) is 1. The minimum atomic E-state index is -0.171. The van der Waals surface area contributed by atoms with Crippen molar-refractivity contribution in [2.45, 2.75) is 24.7 Å². The van der Waals surface area contributed by atoms with Crippen LogP contribution in [0.5, 0.6) is 0 Å². The Balaban J connectivity index is 1.65. The van der Waals surface area contributed by atoms with Crippen molar-refractivity contribution in [3.05, 3.63) is 58.6 Å². The molecular formula is C21H23ClN2O2S. The molecule has 1 atom stereocenters. The van der Waals surface area contributed by atoms with Crippen LogP contribution in [0.2, 0.25) is 5.02 Å². The summed E-state index contributed by atoms with van der Waals surface area (Å²) in [6.07, 6.45) is 3.65. The Bertz CT molecular complexity index is 839. The number of aryl methyl sites for hydroxylation is 1. The number of anilines is 1. The molecule has 1 saturated heterocycles. The van der Waals surface area contributed by atoms with Gasteiger partial charge in [-0.05, 0) is 61.9 Å². The quantitative estimate of drug-likeness (QED) is 0.542. The van der Waals surface area contributed by atoms with E-state index in [0.29, 0.717) is 23.7 Å². The molecule has 2 aromatic carbocycles. The number of ketones is 1. The number of nitrogens with one attached hydrogen (secondary N) is 1. The Kier molecular flexibility index (Phi) is 6.45. The number of amides is 2. The first-order valence-corrected chi connectivity index (χ1v) is 10.6. The van der Waals surface area contributed by atoms with Crippen LogP contribution in [0.4, 0.5) is 10.5 Å². The van der Waals surface area contributed by atoms with Gasteiger partial charge in [-0.25, -0.2) is 4.79 Å². The average Bonchev–Trinajstić information content (AvgIpc) is 2.69. The van der Waals surface area contributed by atoms with Gasteiger partial charge >= 0.3 is 6.03 Å². The lowest BCUT2D eigenvalue weighted by molar-refractivity contribution is 0.0851. The average molecular weight is 403 g/mol. The summed E-state index contributed by atoms with van der Waals surface area (Å²) in [7, 11) is 0. The van der Waals surface area contributed by atoms with E-state index in [-0.39, 0.29) is 17.7 Å². The van der Waals surface area contributed by atoms with Gasteiger partial charge in [0.1, 0.15) is 0 Å². The molecule has 0 aromatic heterocycles. The van der Waals surface area contributed by atoms with Crippen LogP contribution in [-0.2, 0) is 0 Å². The molecule has 1 heterocycles. The van der Waals surface area contributed by atoms with Crippen LogP contribution in [0, 0.1) is 12.8 Å². The summed E-state index contributed by atoms with van der Waals surface area (Å²) in [5.41, 5.74) is 2.37. The molecule has 0 unspecified atom stereocenters. The second-order valence-electron chi connectivity index (χ2n) is 6.77. The maximum absolute atomic E-state index is 12.8. The number of Topliss-reactive ketones (excluding diaryl/α,β-unsaturated/α-hetero) is 1. The van der Waals surface area contributed by atoms with Crippen LogP contribution in [-0.4, -0.2) is 36.1 Å². The van der Waals surface area contributed by atoms with E-state index in [1.165, 1.54) is 0 Å². The maximum Gasteiger partial charge on any atom is 0.321 e. The first-order valence-electron chi connectivity index (χ1n) is 8.98. The van der Waals surface area contributed by atoms with E-state index >= 15 is 0 Å². The topological polar surface area (TPSA) is 49.4 Å². The van der Waals surface area contributed by atoms with Crippen molar-refractivity contribution in [1.29, 1.82) is 0 Å². The number of urea groups is 1. The van der Waals surface area contributed by atoms with E-state index in [1.807, 2.05) is 43.5 Å². The van der Waals surface area contributed by atoms with Crippen LogP contribution in [0.3, 0.4) is 0 Å². The Morgan fingerprint density at radius 3 is 2.59 bits per heavy atom. The third kappa shape index (κ3) is 4.85. The summed E-state index contributed by atoms with van der Waals surface area (Å²) in [6, 6.07) is 12.9. The zero-order valence-electron chi connectivity index (χ0n) is 15.5. The minimum absolute atomic E-state index is 0.114. The molecule has 1 fully saturated rings. The number of nitrogens with zero attached hydrogens (tertiary/aromatic N) is 1. The van der Waals surface area contributed by atoms with Gasteiger partial charge in [0.05, 0.1) is 0 Å². The smallest absolute Gasteiger partial charge is 0.321 e. The lowest BCUT2D eigenvalue weighted by atomic mass is 9.90. The lowest BCUT2D eigenvalue weighted by Gasteiger charge is -2.32. The Labute approximate surface area is 169 Å². The SMILES string of the molecule is CSc1ccc(C(=O)[C@@H]2CCCN(C(=O)Nc3ccc(Cl)cc3C)C2)cc1. The summed E-state index contributed by atoms with van der Waals surface area (Å²) >= 11 is 7.62. The van der Waals surface area contributed by atoms with Gasteiger partial charge in [-0.2, -0.15) is 0 Å². The Hall–Kier alpha value is -1.98. The van der Waals surface area contributed by atoms with Crippen LogP contribution in [0.15, 0.2) is 47.4 Å². The van der Waals surface area contributed by atoms with Crippen LogP contribution in [0.25, 0.3) is 0 Å². The fourth-order valence-electron chi connectivity index (χ4n) is 3.33. The first-order chi connectivity index (χ1) is 13.0. The third-order valence-corrected chi connectivity index (χ3v) is 5.86. The summed E-state index contributed by atoms with van der Waals surface area (Å²) in [4.78, 5) is 28.4. The highest BCUT2D eigenvalue weighted by atomic mass is 35.5. The van der Waals surface area contributed by atoms with E-state index in [2.05, 4.69) is 5.32 Å². The number of benzene rings is 2. The molecule has 0 spiro atoms. The molecule has 0 radical (unpaired) electrons. The fourth-order valence-corrected chi connectivity index (χ4v) is 3.96. The molecule has 1 aliphatic rings. The molecule has 1 aliphatic heterocycles. The Morgan fingerprint density at radius 1 is 1.19 bits per heavy atom. The summed E-state index contributed by atoms with van der Waals surface area (Å²) in [5.74, 6) is -0.0428. The van der Waals surface area contributed by atoms with E-state index < -0.39 is 0 Å². The molecule has 142 valence electrons. The molecule has 0 saturated carbocycles. The van der Waals surface area contributed by atoms with Gasteiger partial charge in [0, 0.05) is 40.2 Å². The highest BCUT2D eigenvalue weighted by molar-refractivity contribution is 7.98. The molecule has 6 heteroatoms. The summed E-state index contributed by atoms with van der Waals surface area (Å²) < 4.78 is 0.